The zero-order valence-corrected chi connectivity index (χ0v) is 12.0. The Hall–Kier alpha value is -1.58. The second-order valence-electron chi connectivity index (χ2n) is 4.66. The smallest absolute Gasteiger partial charge is 0.239 e. The molecule has 0 aliphatic heterocycles. The molecule has 3 nitrogen and oxygen atoms in total. The SMILES string of the molecule is C[C@@H](N)C(=O)N(C)Cc1ccc2ccccc2c1.Cl. The Balaban J connectivity index is 0.00000180. The summed E-state index contributed by atoms with van der Waals surface area (Å²) in [5.41, 5.74) is 6.71. The van der Waals surface area contributed by atoms with Crippen LogP contribution in [0.25, 0.3) is 10.8 Å². The molecule has 102 valence electrons. The van der Waals surface area contributed by atoms with Gasteiger partial charge >= 0.3 is 0 Å². The minimum atomic E-state index is -0.449. The fourth-order valence-electron chi connectivity index (χ4n) is 2.04. The van der Waals surface area contributed by atoms with Gasteiger partial charge in [0.15, 0.2) is 0 Å². The molecule has 0 aliphatic rings. The number of hydrogen-bond acceptors (Lipinski definition) is 2. The van der Waals surface area contributed by atoms with Crippen LogP contribution in [0.5, 0.6) is 0 Å². The van der Waals surface area contributed by atoms with Crippen molar-refractivity contribution in [3.8, 4) is 0 Å². The first-order valence-electron chi connectivity index (χ1n) is 6.06. The molecular formula is C15H19ClN2O. The monoisotopic (exact) mass is 278 g/mol. The average Bonchev–Trinajstić information content (AvgIpc) is 2.37. The fourth-order valence-corrected chi connectivity index (χ4v) is 2.04. The summed E-state index contributed by atoms with van der Waals surface area (Å²) >= 11 is 0. The molecule has 0 fully saturated rings. The van der Waals surface area contributed by atoms with Gasteiger partial charge in [-0.25, -0.2) is 0 Å². The molecule has 0 heterocycles. The lowest BCUT2D eigenvalue weighted by molar-refractivity contribution is -0.131. The van der Waals surface area contributed by atoms with Crippen LogP contribution in [0.4, 0.5) is 0 Å². The molecule has 2 N–H and O–H groups in total. The number of nitrogens with two attached hydrogens (primary N) is 1. The number of likely N-dealkylation sites (N-methyl/N-ethyl adjacent to an activating group) is 1. The molecule has 0 saturated carbocycles. The maximum absolute atomic E-state index is 11.7. The van der Waals surface area contributed by atoms with Crippen molar-refractivity contribution in [2.24, 2.45) is 5.73 Å². The summed E-state index contributed by atoms with van der Waals surface area (Å²) in [6.45, 7) is 2.30. The number of amides is 1. The molecule has 1 atom stereocenters. The molecule has 0 unspecified atom stereocenters. The Morgan fingerprint density at radius 2 is 1.84 bits per heavy atom. The van der Waals surface area contributed by atoms with E-state index < -0.39 is 6.04 Å². The normalized spacial score (nSPS) is 11.7. The van der Waals surface area contributed by atoms with E-state index in [1.54, 1.807) is 18.9 Å². The van der Waals surface area contributed by atoms with Gasteiger partial charge in [0.25, 0.3) is 0 Å². The molecule has 1 amide bonds. The predicted molar refractivity (Wildman–Crippen MR) is 81.3 cm³/mol. The van der Waals surface area contributed by atoms with Crippen molar-refractivity contribution in [2.45, 2.75) is 19.5 Å². The van der Waals surface area contributed by atoms with Gasteiger partial charge in [0.1, 0.15) is 0 Å². The van der Waals surface area contributed by atoms with Crippen LogP contribution < -0.4 is 5.73 Å². The van der Waals surface area contributed by atoms with Crippen molar-refractivity contribution in [2.75, 3.05) is 7.05 Å². The third-order valence-corrected chi connectivity index (χ3v) is 3.00. The number of carbonyl (C=O) groups excluding carboxylic acids is 1. The van der Waals surface area contributed by atoms with Crippen LogP contribution in [0.2, 0.25) is 0 Å². The fraction of sp³-hybridized carbons (Fsp3) is 0.267. The highest BCUT2D eigenvalue weighted by atomic mass is 35.5. The summed E-state index contributed by atoms with van der Waals surface area (Å²) in [5.74, 6) is -0.0387. The Morgan fingerprint density at radius 3 is 2.47 bits per heavy atom. The summed E-state index contributed by atoms with van der Waals surface area (Å²) < 4.78 is 0. The van der Waals surface area contributed by atoms with Crippen LogP contribution in [0.3, 0.4) is 0 Å². The van der Waals surface area contributed by atoms with E-state index in [-0.39, 0.29) is 18.3 Å². The number of nitrogens with zero attached hydrogens (tertiary/aromatic N) is 1. The van der Waals surface area contributed by atoms with Gasteiger partial charge in [0.2, 0.25) is 5.91 Å². The topological polar surface area (TPSA) is 46.3 Å². The van der Waals surface area contributed by atoms with Crippen molar-refractivity contribution < 1.29 is 4.79 Å². The first kappa shape index (κ1) is 15.5. The van der Waals surface area contributed by atoms with Crippen molar-refractivity contribution in [1.29, 1.82) is 0 Å². The number of benzene rings is 2. The van der Waals surface area contributed by atoms with Crippen LogP contribution in [0, 0.1) is 0 Å². The molecule has 2 aromatic carbocycles. The average molecular weight is 279 g/mol. The van der Waals surface area contributed by atoms with E-state index in [0.717, 1.165) is 5.56 Å². The van der Waals surface area contributed by atoms with Crippen LogP contribution in [-0.2, 0) is 11.3 Å². The summed E-state index contributed by atoms with van der Waals surface area (Å²) in [6, 6.07) is 14.0. The van der Waals surface area contributed by atoms with Gasteiger partial charge < -0.3 is 10.6 Å². The van der Waals surface area contributed by atoms with Gasteiger partial charge in [0, 0.05) is 13.6 Å². The minimum Gasteiger partial charge on any atom is -0.340 e. The third kappa shape index (κ3) is 3.69. The van der Waals surface area contributed by atoms with Gasteiger partial charge in [-0.3, -0.25) is 4.79 Å². The van der Waals surface area contributed by atoms with E-state index in [2.05, 4.69) is 24.3 Å². The van der Waals surface area contributed by atoms with E-state index in [9.17, 15) is 4.79 Å². The molecule has 0 bridgehead atoms. The van der Waals surface area contributed by atoms with Crippen molar-refractivity contribution in [3.63, 3.8) is 0 Å². The lowest BCUT2D eigenvalue weighted by atomic mass is 10.1. The first-order valence-corrected chi connectivity index (χ1v) is 6.06. The van der Waals surface area contributed by atoms with Crippen molar-refractivity contribution >= 4 is 29.1 Å². The largest absolute Gasteiger partial charge is 0.340 e. The van der Waals surface area contributed by atoms with Crippen LogP contribution >= 0.6 is 12.4 Å². The molecule has 2 rings (SSSR count). The number of carbonyl (C=O) groups is 1. The Morgan fingerprint density at radius 1 is 1.21 bits per heavy atom. The zero-order chi connectivity index (χ0) is 13.1. The molecule has 0 radical (unpaired) electrons. The minimum absolute atomic E-state index is 0. The van der Waals surface area contributed by atoms with Gasteiger partial charge in [-0.1, -0.05) is 36.4 Å². The van der Waals surface area contributed by atoms with E-state index in [1.165, 1.54) is 10.8 Å². The standard InChI is InChI=1S/C15H18N2O.ClH/c1-11(16)15(18)17(2)10-12-7-8-13-5-3-4-6-14(13)9-12;/h3-9,11H,10,16H2,1-2H3;1H/t11-;/m1./s1. The van der Waals surface area contributed by atoms with E-state index in [1.807, 2.05) is 18.2 Å². The molecule has 0 spiro atoms. The molecule has 4 heteroatoms. The first-order chi connectivity index (χ1) is 8.58. The van der Waals surface area contributed by atoms with E-state index >= 15 is 0 Å². The second-order valence-corrected chi connectivity index (χ2v) is 4.66. The lowest BCUT2D eigenvalue weighted by Crippen LogP contribution is -2.39. The number of fused-ring (bicyclic) bond motifs is 1. The predicted octanol–water partition coefficient (Wildman–Crippen LogP) is 2.57. The molecule has 0 saturated heterocycles. The van der Waals surface area contributed by atoms with Crippen molar-refractivity contribution in [1.82, 2.24) is 4.90 Å². The highest BCUT2D eigenvalue weighted by Crippen LogP contribution is 2.16. The van der Waals surface area contributed by atoms with E-state index in [4.69, 9.17) is 5.73 Å². The lowest BCUT2D eigenvalue weighted by Gasteiger charge is -2.19. The maximum atomic E-state index is 11.7. The molecular weight excluding hydrogens is 260 g/mol. The third-order valence-electron chi connectivity index (χ3n) is 3.00. The van der Waals surface area contributed by atoms with E-state index in [0.29, 0.717) is 6.54 Å². The second kappa shape index (κ2) is 6.55. The molecule has 2 aromatic rings. The van der Waals surface area contributed by atoms with Gasteiger partial charge in [-0.15, -0.1) is 12.4 Å². The Kier molecular flexibility index (Phi) is 5.33. The summed E-state index contributed by atoms with van der Waals surface area (Å²) in [6.07, 6.45) is 0. The van der Waals surface area contributed by atoms with Crippen molar-refractivity contribution in [3.05, 3.63) is 48.0 Å². The maximum Gasteiger partial charge on any atom is 0.239 e. The van der Waals surface area contributed by atoms with Gasteiger partial charge in [-0.05, 0) is 29.3 Å². The quantitative estimate of drug-likeness (QED) is 0.938. The Bertz CT molecular complexity index is 569. The molecule has 19 heavy (non-hydrogen) atoms. The molecule has 0 aliphatic carbocycles. The Labute approximate surface area is 119 Å². The zero-order valence-electron chi connectivity index (χ0n) is 11.2. The van der Waals surface area contributed by atoms with Gasteiger partial charge in [0.05, 0.1) is 6.04 Å². The van der Waals surface area contributed by atoms with Crippen LogP contribution in [0.15, 0.2) is 42.5 Å². The summed E-state index contributed by atoms with van der Waals surface area (Å²) in [5, 5.41) is 2.40. The summed E-state index contributed by atoms with van der Waals surface area (Å²) in [7, 11) is 1.78. The highest BCUT2D eigenvalue weighted by molar-refractivity contribution is 5.85. The van der Waals surface area contributed by atoms with Crippen LogP contribution in [0.1, 0.15) is 12.5 Å². The summed E-state index contributed by atoms with van der Waals surface area (Å²) in [4.78, 5) is 13.4. The highest BCUT2D eigenvalue weighted by Gasteiger charge is 2.13. The number of halogens is 1. The number of hydrogen-bond donors (Lipinski definition) is 1. The van der Waals surface area contributed by atoms with Gasteiger partial charge in [-0.2, -0.15) is 0 Å². The molecule has 0 aromatic heterocycles. The number of rotatable bonds is 3. The van der Waals surface area contributed by atoms with Crippen LogP contribution in [-0.4, -0.2) is 23.9 Å².